The minimum absolute atomic E-state index is 0.288. The number of amides is 1. The average Bonchev–Trinajstić information content (AvgIpc) is 2.73. The van der Waals surface area contributed by atoms with E-state index < -0.39 is 5.97 Å². The van der Waals surface area contributed by atoms with Crippen LogP contribution in [0.1, 0.15) is 26.3 Å². The van der Waals surface area contributed by atoms with Crippen LogP contribution in [0, 0.1) is 0 Å². The predicted molar refractivity (Wildman–Crippen MR) is 102 cm³/mol. The summed E-state index contributed by atoms with van der Waals surface area (Å²) >= 11 is 0. The highest BCUT2D eigenvalue weighted by Crippen LogP contribution is 2.17. The summed E-state index contributed by atoms with van der Waals surface area (Å²) in [5, 5.41) is 5.88. The molecule has 0 spiro atoms. The van der Waals surface area contributed by atoms with Gasteiger partial charge in [-0.2, -0.15) is 0 Å². The molecule has 0 aliphatic rings. The monoisotopic (exact) mass is 362 g/mol. The SMILES string of the molecule is COC(=O)c1ccccc1NC(=O)c1ccc(NCc2cccnc2)nc1. The first-order valence-corrected chi connectivity index (χ1v) is 8.25. The largest absolute Gasteiger partial charge is 0.465 e. The van der Waals surface area contributed by atoms with E-state index in [-0.39, 0.29) is 11.5 Å². The molecule has 0 unspecified atom stereocenters. The van der Waals surface area contributed by atoms with Gasteiger partial charge in [-0.15, -0.1) is 0 Å². The van der Waals surface area contributed by atoms with Gasteiger partial charge in [0.15, 0.2) is 0 Å². The van der Waals surface area contributed by atoms with E-state index in [1.165, 1.54) is 13.3 Å². The number of aromatic nitrogens is 2. The molecule has 0 radical (unpaired) electrons. The van der Waals surface area contributed by atoms with Crippen molar-refractivity contribution in [1.82, 2.24) is 9.97 Å². The normalized spacial score (nSPS) is 10.1. The topological polar surface area (TPSA) is 93.2 Å². The van der Waals surface area contributed by atoms with Crippen molar-refractivity contribution in [1.29, 1.82) is 0 Å². The molecule has 3 aromatic rings. The lowest BCUT2D eigenvalue weighted by molar-refractivity contribution is 0.0602. The molecule has 0 aliphatic carbocycles. The van der Waals surface area contributed by atoms with Crippen molar-refractivity contribution in [2.24, 2.45) is 0 Å². The molecule has 136 valence electrons. The number of para-hydroxylation sites is 1. The number of anilines is 2. The van der Waals surface area contributed by atoms with Gasteiger partial charge in [0.05, 0.1) is 23.9 Å². The summed E-state index contributed by atoms with van der Waals surface area (Å²) in [6, 6.07) is 13.9. The van der Waals surface area contributed by atoms with Crippen LogP contribution in [-0.2, 0) is 11.3 Å². The Hall–Kier alpha value is -3.74. The zero-order valence-electron chi connectivity index (χ0n) is 14.7. The molecule has 0 fully saturated rings. The van der Waals surface area contributed by atoms with Gasteiger partial charge in [-0.1, -0.05) is 18.2 Å². The second-order valence-electron chi connectivity index (χ2n) is 5.64. The van der Waals surface area contributed by atoms with Gasteiger partial charge in [-0.05, 0) is 35.9 Å². The van der Waals surface area contributed by atoms with Gasteiger partial charge < -0.3 is 15.4 Å². The summed E-state index contributed by atoms with van der Waals surface area (Å²) in [5.74, 6) is -0.234. The molecule has 2 heterocycles. The van der Waals surface area contributed by atoms with Crippen molar-refractivity contribution in [2.45, 2.75) is 6.54 Å². The Labute approximate surface area is 156 Å². The summed E-state index contributed by atoms with van der Waals surface area (Å²) < 4.78 is 4.73. The lowest BCUT2D eigenvalue weighted by atomic mass is 10.1. The first-order chi connectivity index (χ1) is 13.2. The Morgan fingerprint density at radius 2 is 1.89 bits per heavy atom. The molecule has 2 aromatic heterocycles. The van der Waals surface area contributed by atoms with Crippen LogP contribution in [0.2, 0.25) is 0 Å². The van der Waals surface area contributed by atoms with Crippen LogP contribution < -0.4 is 10.6 Å². The number of pyridine rings is 2. The number of carbonyl (C=O) groups excluding carboxylic acids is 2. The number of nitrogens with one attached hydrogen (secondary N) is 2. The van der Waals surface area contributed by atoms with Crippen LogP contribution in [0.5, 0.6) is 0 Å². The minimum Gasteiger partial charge on any atom is -0.465 e. The van der Waals surface area contributed by atoms with Crippen LogP contribution in [0.15, 0.2) is 67.1 Å². The zero-order valence-corrected chi connectivity index (χ0v) is 14.7. The quantitative estimate of drug-likeness (QED) is 0.655. The fourth-order valence-electron chi connectivity index (χ4n) is 2.40. The third-order valence-electron chi connectivity index (χ3n) is 3.80. The number of nitrogens with zero attached hydrogens (tertiary/aromatic N) is 2. The van der Waals surface area contributed by atoms with Crippen molar-refractivity contribution in [3.05, 3.63) is 83.8 Å². The lowest BCUT2D eigenvalue weighted by Crippen LogP contribution is -2.15. The van der Waals surface area contributed by atoms with E-state index in [0.717, 1.165) is 5.56 Å². The van der Waals surface area contributed by atoms with Gasteiger partial charge in [-0.3, -0.25) is 9.78 Å². The number of hydrogen-bond acceptors (Lipinski definition) is 6. The standard InChI is InChI=1S/C20H18N4O3/c1-27-20(26)16-6-2-3-7-17(16)24-19(25)15-8-9-18(23-13-15)22-12-14-5-4-10-21-11-14/h2-11,13H,12H2,1H3,(H,22,23)(H,24,25). The Kier molecular flexibility index (Phi) is 5.73. The van der Waals surface area contributed by atoms with Crippen molar-refractivity contribution in [3.8, 4) is 0 Å². The van der Waals surface area contributed by atoms with E-state index >= 15 is 0 Å². The average molecular weight is 362 g/mol. The number of methoxy groups -OCH3 is 1. The Bertz CT molecular complexity index is 927. The van der Waals surface area contributed by atoms with E-state index in [9.17, 15) is 9.59 Å². The molecule has 7 nitrogen and oxygen atoms in total. The Morgan fingerprint density at radius 3 is 2.59 bits per heavy atom. The molecular weight excluding hydrogens is 344 g/mol. The predicted octanol–water partition coefficient (Wildman–Crippen LogP) is 3.13. The van der Waals surface area contributed by atoms with E-state index in [1.54, 1.807) is 48.8 Å². The summed E-state index contributed by atoms with van der Waals surface area (Å²) in [6.07, 6.45) is 4.96. The smallest absolute Gasteiger partial charge is 0.339 e. The van der Waals surface area contributed by atoms with Gasteiger partial charge in [0, 0.05) is 25.1 Å². The van der Waals surface area contributed by atoms with E-state index in [4.69, 9.17) is 4.74 Å². The number of hydrogen-bond donors (Lipinski definition) is 2. The minimum atomic E-state index is -0.515. The Morgan fingerprint density at radius 1 is 1.04 bits per heavy atom. The fraction of sp³-hybridized carbons (Fsp3) is 0.100. The maximum absolute atomic E-state index is 12.4. The van der Waals surface area contributed by atoms with Gasteiger partial charge in [0.1, 0.15) is 5.82 Å². The molecule has 0 bridgehead atoms. The van der Waals surface area contributed by atoms with E-state index in [1.807, 2.05) is 12.1 Å². The van der Waals surface area contributed by atoms with E-state index in [2.05, 4.69) is 20.6 Å². The Balaban J connectivity index is 1.65. The first-order valence-electron chi connectivity index (χ1n) is 8.25. The highest BCUT2D eigenvalue weighted by molar-refractivity contribution is 6.07. The van der Waals surface area contributed by atoms with Crippen LogP contribution >= 0.6 is 0 Å². The molecule has 2 N–H and O–H groups in total. The van der Waals surface area contributed by atoms with Crippen LogP contribution in [0.3, 0.4) is 0 Å². The molecule has 27 heavy (non-hydrogen) atoms. The van der Waals surface area contributed by atoms with Crippen molar-refractivity contribution >= 4 is 23.4 Å². The maximum atomic E-state index is 12.4. The number of carbonyl (C=O) groups is 2. The van der Waals surface area contributed by atoms with Gasteiger partial charge in [0.2, 0.25) is 0 Å². The lowest BCUT2D eigenvalue weighted by Gasteiger charge is -2.10. The molecule has 0 saturated heterocycles. The van der Waals surface area contributed by atoms with Gasteiger partial charge in [-0.25, -0.2) is 9.78 Å². The summed E-state index contributed by atoms with van der Waals surface area (Å²) in [6.45, 7) is 0.582. The zero-order chi connectivity index (χ0) is 19.1. The third-order valence-corrected chi connectivity index (χ3v) is 3.80. The summed E-state index contributed by atoms with van der Waals surface area (Å²) in [7, 11) is 1.29. The van der Waals surface area contributed by atoms with Gasteiger partial charge in [0.25, 0.3) is 5.91 Å². The molecule has 3 rings (SSSR count). The second-order valence-corrected chi connectivity index (χ2v) is 5.64. The highest BCUT2D eigenvalue weighted by Gasteiger charge is 2.14. The third kappa shape index (κ3) is 4.66. The number of rotatable bonds is 6. The summed E-state index contributed by atoms with van der Waals surface area (Å²) in [5.41, 5.74) is 2.08. The van der Waals surface area contributed by atoms with Crippen molar-refractivity contribution in [3.63, 3.8) is 0 Å². The number of benzene rings is 1. The fourth-order valence-corrected chi connectivity index (χ4v) is 2.40. The van der Waals surface area contributed by atoms with Crippen LogP contribution in [-0.4, -0.2) is 29.0 Å². The van der Waals surface area contributed by atoms with E-state index in [0.29, 0.717) is 23.6 Å². The van der Waals surface area contributed by atoms with Crippen LogP contribution in [0.25, 0.3) is 0 Å². The number of ether oxygens (including phenoxy) is 1. The van der Waals surface area contributed by atoms with Crippen molar-refractivity contribution < 1.29 is 14.3 Å². The summed E-state index contributed by atoms with van der Waals surface area (Å²) in [4.78, 5) is 32.5. The van der Waals surface area contributed by atoms with Crippen molar-refractivity contribution in [2.75, 3.05) is 17.7 Å². The first kappa shape index (κ1) is 18.1. The molecule has 1 amide bonds. The van der Waals surface area contributed by atoms with Crippen LogP contribution in [0.4, 0.5) is 11.5 Å². The molecule has 0 saturated carbocycles. The second kappa shape index (κ2) is 8.57. The molecule has 1 aromatic carbocycles. The molecule has 7 heteroatoms. The maximum Gasteiger partial charge on any atom is 0.339 e. The highest BCUT2D eigenvalue weighted by atomic mass is 16.5. The molecule has 0 atom stereocenters. The van der Waals surface area contributed by atoms with Gasteiger partial charge >= 0.3 is 5.97 Å². The number of esters is 1. The molecule has 0 aliphatic heterocycles. The molecular formula is C20H18N4O3.